The molecule has 0 atom stereocenters. The highest BCUT2D eigenvalue weighted by atomic mass is 16.5. The Morgan fingerprint density at radius 3 is 1.96 bits per heavy atom. The van der Waals surface area contributed by atoms with Crippen LogP contribution in [0.1, 0.15) is 39.0 Å². The van der Waals surface area contributed by atoms with Crippen LogP contribution in [0.5, 0.6) is 0 Å². The van der Waals surface area contributed by atoms with E-state index in [2.05, 4.69) is 16.7 Å². The zero-order valence-electron chi connectivity index (χ0n) is 16.5. The van der Waals surface area contributed by atoms with E-state index in [0.717, 1.165) is 77.4 Å². The zero-order chi connectivity index (χ0) is 18.5. The molecule has 0 unspecified atom stereocenters. The Morgan fingerprint density at radius 2 is 1.46 bits per heavy atom. The SMILES string of the molecule is CCCN1CC(C(=O)N2CCC(C3CCN(C(=O)COC)CC3)CC2)C1. The monoisotopic (exact) mass is 365 g/mol. The third-order valence-corrected chi connectivity index (χ3v) is 6.52. The maximum absolute atomic E-state index is 12.6. The van der Waals surface area contributed by atoms with Crippen molar-refractivity contribution in [1.29, 1.82) is 0 Å². The van der Waals surface area contributed by atoms with Gasteiger partial charge in [0.2, 0.25) is 11.8 Å². The van der Waals surface area contributed by atoms with Crippen LogP contribution in [0.4, 0.5) is 0 Å². The molecule has 0 N–H and O–H groups in total. The minimum absolute atomic E-state index is 0.115. The second kappa shape index (κ2) is 9.18. The molecule has 26 heavy (non-hydrogen) atoms. The molecule has 3 aliphatic heterocycles. The Hall–Kier alpha value is -1.14. The average Bonchev–Trinajstić information content (AvgIpc) is 2.64. The third kappa shape index (κ3) is 4.58. The standard InChI is InChI=1S/C20H35N3O3/c1-3-8-21-13-18(14-21)20(25)23-11-6-17(7-12-23)16-4-9-22(10-5-16)19(24)15-26-2/h16-18H,3-15H2,1-2H3. The lowest BCUT2D eigenvalue weighted by molar-refractivity contribution is -0.143. The average molecular weight is 366 g/mol. The molecule has 0 spiro atoms. The molecule has 0 bridgehead atoms. The molecule has 3 aliphatic rings. The van der Waals surface area contributed by atoms with Gasteiger partial charge < -0.3 is 19.4 Å². The van der Waals surface area contributed by atoms with Gasteiger partial charge in [0.25, 0.3) is 0 Å². The fourth-order valence-electron chi connectivity index (χ4n) is 4.91. The molecule has 3 saturated heterocycles. The molecule has 3 rings (SSSR count). The minimum atomic E-state index is 0.115. The summed E-state index contributed by atoms with van der Waals surface area (Å²) >= 11 is 0. The summed E-state index contributed by atoms with van der Waals surface area (Å²) in [6.07, 6.45) is 5.63. The number of carbonyl (C=O) groups is 2. The molecule has 0 aromatic carbocycles. The Balaban J connectivity index is 1.37. The van der Waals surface area contributed by atoms with Crippen LogP contribution in [0, 0.1) is 17.8 Å². The molecule has 3 heterocycles. The first-order chi connectivity index (χ1) is 12.6. The van der Waals surface area contributed by atoms with Gasteiger partial charge in [0, 0.05) is 46.4 Å². The number of ether oxygens (including phenoxy) is 1. The van der Waals surface area contributed by atoms with Gasteiger partial charge >= 0.3 is 0 Å². The lowest BCUT2D eigenvalue weighted by Crippen LogP contribution is -2.55. The summed E-state index contributed by atoms with van der Waals surface area (Å²) in [4.78, 5) is 31.0. The number of nitrogens with zero attached hydrogens (tertiary/aromatic N) is 3. The molecule has 0 radical (unpaired) electrons. The van der Waals surface area contributed by atoms with Gasteiger partial charge in [-0.3, -0.25) is 9.59 Å². The van der Waals surface area contributed by atoms with E-state index in [1.54, 1.807) is 7.11 Å². The predicted molar refractivity (Wildman–Crippen MR) is 101 cm³/mol. The summed E-state index contributed by atoms with van der Waals surface area (Å²) in [7, 11) is 1.57. The van der Waals surface area contributed by atoms with Crippen molar-refractivity contribution in [1.82, 2.24) is 14.7 Å². The number of piperidine rings is 2. The first-order valence-corrected chi connectivity index (χ1v) is 10.4. The molecule has 3 fully saturated rings. The van der Waals surface area contributed by atoms with Crippen LogP contribution in [-0.2, 0) is 14.3 Å². The van der Waals surface area contributed by atoms with E-state index >= 15 is 0 Å². The summed E-state index contributed by atoms with van der Waals surface area (Å²) in [5.74, 6) is 2.17. The largest absolute Gasteiger partial charge is 0.375 e. The maximum Gasteiger partial charge on any atom is 0.248 e. The van der Waals surface area contributed by atoms with Crippen molar-refractivity contribution in [2.24, 2.45) is 17.8 Å². The number of methoxy groups -OCH3 is 1. The van der Waals surface area contributed by atoms with Crippen LogP contribution in [-0.4, -0.2) is 86.0 Å². The van der Waals surface area contributed by atoms with Gasteiger partial charge in [-0.1, -0.05) is 6.92 Å². The third-order valence-electron chi connectivity index (χ3n) is 6.52. The van der Waals surface area contributed by atoms with Gasteiger partial charge in [-0.2, -0.15) is 0 Å². The van der Waals surface area contributed by atoms with Crippen molar-refractivity contribution >= 4 is 11.8 Å². The Kier molecular flexibility index (Phi) is 6.92. The summed E-state index contributed by atoms with van der Waals surface area (Å²) in [6, 6.07) is 0. The van der Waals surface area contributed by atoms with Crippen molar-refractivity contribution in [3.05, 3.63) is 0 Å². The van der Waals surface area contributed by atoms with Crippen LogP contribution in [0.15, 0.2) is 0 Å². The molecule has 6 nitrogen and oxygen atoms in total. The highest BCUT2D eigenvalue weighted by Crippen LogP contribution is 2.33. The van der Waals surface area contributed by atoms with Crippen LogP contribution in [0.25, 0.3) is 0 Å². The lowest BCUT2D eigenvalue weighted by Gasteiger charge is -2.44. The lowest BCUT2D eigenvalue weighted by atomic mass is 9.78. The highest BCUT2D eigenvalue weighted by molar-refractivity contribution is 5.80. The van der Waals surface area contributed by atoms with Crippen molar-refractivity contribution in [2.45, 2.75) is 39.0 Å². The second-order valence-corrected chi connectivity index (χ2v) is 8.27. The summed E-state index contributed by atoms with van der Waals surface area (Å²) in [5, 5.41) is 0. The smallest absolute Gasteiger partial charge is 0.248 e. The van der Waals surface area contributed by atoms with Crippen LogP contribution >= 0.6 is 0 Å². The highest BCUT2D eigenvalue weighted by Gasteiger charge is 2.37. The van der Waals surface area contributed by atoms with Crippen molar-refractivity contribution in [3.8, 4) is 0 Å². The molecule has 6 heteroatoms. The maximum atomic E-state index is 12.6. The minimum Gasteiger partial charge on any atom is -0.375 e. The molecule has 148 valence electrons. The summed E-state index contributed by atoms with van der Waals surface area (Å²) in [5.41, 5.74) is 0. The number of hydrogen-bond acceptors (Lipinski definition) is 4. The first kappa shape index (κ1) is 19.6. The number of hydrogen-bond donors (Lipinski definition) is 0. The van der Waals surface area contributed by atoms with Crippen LogP contribution < -0.4 is 0 Å². The molecule has 0 aromatic heterocycles. The topological polar surface area (TPSA) is 53.1 Å². The number of likely N-dealkylation sites (tertiary alicyclic amines) is 3. The Morgan fingerprint density at radius 1 is 0.923 bits per heavy atom. The molecule has 0 aliphatic carbocycles. The quantitative estimate of drug-likeness (QED) is 0.715. The van der Waals surface area contributed by atoms with E-state index in [0.29, 0.717) is 11.8 Å². The fourth-order valence-corrected chi connectivity index (χ4v) is 4.91. The van der Waals surface area contributed by atoms with E-state index in [4.69, 9.17) is 4.74 Å². The van der Waals surface area contributed by atoms with E-state index in [9.17, 15) is 9.59 Å². The first-order valence-electron chi connectivity index (χ1n) is 10.4. The van der Waals surface area contributed by atoms with E-state index < -0.39 is 0 Å². The van der Waals surface area contributed by atoms with Crippen molar-refractivity contribution in [3.63, 3.8) is 0 Å². The summed E-state index contributed by atoms with van der Waals surface area (Å²) in [6.45, 7) is 9.01. The predicted octanol–water partition coefficient (Wildman–Crippen LogP) is 1.45. The molecular formula is C20H35N3O3. The van der Waals surface area contributed by atoms with Gasteiger partial charge in [0.05, 0.1) is 5.92 Å². The molecule has 0 aromatic rings. The Labute approximate surface area is 157 Å². The molecular weight excluding hydrogens is 330 g/mol. The van der Waals surface area contributed by atoms with Crippen molar-refractivity contribution in [2.75, 3.05) is 59.5 Å². The number of carbonyl (C=O) groups excluding carboxylic acids is 2. The van der Waals surface area contributed by atoms with Crippen LogP contribution in [0.3, 0.4) is 0 Å². The van der Waals surface area contributed by atoms with Gasteiger partial charge in [0.1, 0.15) is 6.61 Å². The van der Waals surface area contributed by atoms with E-state index in [1.807, 2.05) is 4.90 Å². The summed E-state index contributed by atoms with van der Waals surface area (Å²) < 4.78 is 4.96. The molecule has 0 saturated carbocycles. The molecule has 2 amide bonds. The van der Waals surface area contributed by atoms with E-state index in [-0.39, 0.29) is 18.4 Å². The number of amides is 2. The van der Waals surface area contributed by atoms with Gasteiger partial charge in [0.15, 0.2) is 0 Å². The number of rotatable bonds is 6. The van der Waals surface area contributed by atoms with Gasteiger partial charge in [-0.05, 0) is 50.5 Å². The van der Waals surface area contributed by atoms with Crippen molar-refractivity contribution < 1.29 is 14.3 Å². The second-order valence-electron chi connectivity index (χ2n) is 8.27. The van der Waals surface area contributed by atoms with Gasteiger partial charge in [-0.25, -0.2) is 0 Å². The van der Waals surface area contributed by atoms with E-state index in [1.165, 1.54) is 6.42 Å². The van der Waals surface area contributed by atoms with Crippen LogP contribution in [0.2, 0.25) is 0 Å². The fraction of sp³-hybridized carbons (Fsp3) is 0.900. The Bertz CT molecular complexity index is 477. The zero-order valence-corrected chi connectivity index (χ0v) is 16.5. The van der Waals surface area contributed by atoms with Gasteiger partial charge in [-0.15, -0.1) is 0 Å². The normalized spacial score (nSPS) is 23.9.